The van der Waals surface area contributed by atoms with Crippen molar-refractivity contribution in [1.82, 2.24) is 4.90 Å². The zero-order valence-corrected chi connectivity index (χ0v) is 13.1. The number of rotatable bonds is 9. The normalized spacial score (nSPS) is 11.7. The van der Waals surface area contributed by atoms with Gasteiger partial charge in [-0.25, -0.2) is 0 Å². The Labute approximate surface area is 126 Å². The van der Waals surface area contributed by atoms with Crippen LogP contribution in [0.3, 0.4) is 0 Å². The molecule has 0 spiro atoms. The summed E-state index contributed by atoms with van der Waals surface area (Å²) in [4.78, 5) is 6.53. The monoisotopic (exact) mass is 294 g/mol. The predicted molar refractivity (Wildman–Crippen MR) is 87.1 cm³/mol. The number of hydrogen-bond donors (Lipinski definition) is 2. The van der Waals surface area contributed by atoms with Crippen molar-refractivity contribution in [2.45, 2.75) is 6.42 Å². The number of nitrogens with two attached hydrogens (primary N) is 1. The Morgan fingerprint density at radius 2 is 2.05 bits per heavy atom. The number of hydrogen-bond acceptors (Lipinski definition) is 4. The van der Waals surface area contributed by atoms with Crippen LogP contribution in [-0.4, -0.2) is 58.4 Å². The van der Waals surface area contributed by atoms with Crippen LogP contribution in [0.2, 0.25) is 0 Å². The highest BCUT2D eigenvalue weighted by atomic mass is 16.5. The minimum atomic E-state index is 0.402. The molecule has 0 aliphatic carbocycles. The Kier molecular flexibility index (Phi) is 8.23. The molecule has 0 aromatic heterocycles. The van der Waals surface area contributed by atoms with Gasteiger partial charge in [0.15, 0.2) is 5.96 Å². The molecule has 6 heteroatoms. The molecule has 1 aromatic rings. The van der Waals surface area contributed by atoms with E-state index in [1.165, 1.54) is 0 Å². The van der Waals surface area contributed by atoms with Crippen molar-refractivity contribution in [3.63, 3.8) is 0 Å². The molecule has 0 unspecified atom stereocenters. The molecule has 6 nitrogen and oxygen atoms in total. The molecule has 0 saturated carbocycles. The van der Waals surface area contributed by atoms with Crippen LogP contribution in [0.5, 0.6) is 5.75 Å². The maximum Gasteiger partial charge on any atom is 0.193 e. The Bertz CT molecular complexity index is 437. The minimum Gasteiger partial charge on any atom is -0.495 e. The van der Waals surface area contributed by atoms with Gasteiger partial charge in [-0.2, -0.15) is 0 Å². The van der Waals surface area contributed by atoms with Gasteiger partial charge in [-0.15, -0.1) is 0 Å². The molecule has 0 fully saturated rings. The van der Waals surface area contributed by atoms with Crippen LogP contribution in [-0.2, 0) is 4.74 Å². The molecule has 1 rings (SSSR count). The van der Waals surface area contributed by atoms with Gasteiger partial charge in [0, 0.05) is 20.2 Å². The number of anilines is 1. The third kappa shape index (κ3) is 6.97. The van der Waals surface area contributed by atoms with Crippen LogP contribution in [0.1, 0.15) is 6.42 Å². The predicted octanol–water partition coefficient (Wildman–Crippen LogP) is 1.39. The van der Waals surface area contributed by atoms with Crippen molar-refractivity contribution in [1.29, 1.82) is 0 Å². The molecule has 0 amide bonds. The second-order valence-corrected chi connectivity index (χ2v) is 4.74. The molecule has 0 bridgehead atoms. The lowest BCUT2D eigenvalue weighted by Crippen LogP contribution is -2.26. The van der Waals surface area contributed by atoms with Crippen LogP contribution < -0.4 is 15.8 Å². The smallest absolute Gasteiger partial charge is 0.193 e. The van der Waals surface area contributed by atoms with Crippen LogP contribution in [0.25, 0.3) is 0 Å². The van der Waals surface area contributed by atoms with Gasteiger partial charge >= 0.3 is 0 Å². The molecule has 1 aromatic carbocycles. The maximum atomic E-state index is 5.88. The van der Waals surface area contributed by atoms with Crippen LogP contribution in [0, 0.1) is 0 Å². The molecule has 3 N–H and O–H groups in total. The number of nitrogens with one attached hydrogen (secondary N) is 1. The molecular formula is C15H26N4O2. The van der Waals surface area contributed by atoms with E-state index in [0.29, 0.717) is 12.5 Å². The Hall–Kier alpha value is -1.79. The molecule has 21 heavy (non-hydrogen) atoms. The van der Waals surface area contributed by atoms with E-state index < -0.39 is 0 Å². The van der Waals surface area contributed by atoms with E-state index in [1.807, 2.05) is 24.3 Å². The van der Waals surface area contributed by atoms with Gasteiger partial charge in [0.25, 0.3) is 0 Å². The second kappa shape index (κ2) is 10.0. The van der Waals surface area contributed by atoms with E-state index in [0.717, 1.165) is 37.6 Å². The number of nitrogens with zero attached hydrogens (tertiary/aromatic N) is 2. The molecule has 118 valence electrons. The first-order valence-corrected chi connectivity index (χ1v) is 7.04. The summed E-state index contributed by atoms with van der Waals surface area (Å²) < 4.78 is 10.3. The number of methoxy groups -OCH3 is 2. The number of likely N-dealkylation sites (N-methyl/N-ethyl adjacent to an activating group) is 1. The zero-order valence-electron chi connectivity index (χ0n) is 13.1. The lowest BCUT2D eigenvalue weighted by atomic mass is 10.3. The fraction of sp³-hybridized carbons (Fsp3) is 0.533. The molecule has 0 radical (unpaired) electrons. The van der Waals surface area contributed by atoms with Gasteiger partial charge in [0.05, 0.1) is 19.4 Å². The van der Waals surface area contributed by atoms with Crippen LogP contribution in [0.4, 0.5) is 5.69 Å². The van der Waals surface area contributed by atoms with Crippen molar-refractivity contribution >= 4 is 11.6 Å². The van der Waals surface area contributed by atoms with Gasteiger partial charge in [-0.05, 0) is 32.1 Å². The summed E-state index contributed by atoms with van der Waals surface area (Å²) in [5.74, 6) is 1.15. The summed E-state index contributed by atoms with van der Waals surface area (Å²) in [6.07, 6.45) is 0.953. The number of aliphatic imine (C=N–C) groups is 1. The van der Waals surface area contributed by atoms with Crippen molar-refractivity contribution in [3.8, 4) is 5.75 Å². The molecule has 0 aliphatic heterocycles. The molecule has 0 heterocycles. The first-order valence-electron chi connectivity index (χ1n) is 7.04. The van der Waals surface area contributed by atoms with E-state index in [1.54, 1.807) is 14.2 Å². The topological polar surface area (TPSA) is 72.1 Å². The van der Waals surface area contributed by atoms with Crippen LogP contribution in [0.15, 0.2) is 29.3 Å². The van der Waals surface area contributed by atoms with Gasteiger partial charge in [-0.1, -0.05) is 12.1 Å². The molecule has 0 atom stereocenters. The lowest BCUT2D eigenvalue weighted by Gasteiger charge is -2.15. The summed E-state index contributed by atoms with van der Waals surface area (Å²) in [5, 5.41) is 3.05. The Balaban J connectivity index is 2.33. The summed E-state index contributed by atoms with van der Waals surface area (Å²) in [7, 11) is 5.41. The quantitative estimate of drug-likeness (QED) is 0.409. The first kappa shape index (κ1) is 17.3. The molecular weight excluding hydrogens is 268 g/mol. The highest BCUT2D eigenvalue weighted by molar-refractivity contribution is 5.93. The van der Waals surface area contributed by atoms with Crippen molar-refractivity contribution in [2.24, 2.45) is 10.7 Å². The summed E-state index contributed by atoms with van der Waals surface area (Å²) in [5.41, 5.74) is 6.69. The number of guanidine groups is 1. The molecule has 0 saturated heterocycles. The Morgan fingerprint density at radius 3 is 2.76 bits per heavy atom. The average Bonchev–Trinajstić information content (AvgIpc) is 2.50. The largest absolute Gasteiger partial charge is 0.495 e. The van der Waals surface area contributed by atoms with Crippen molar-refractivity contribution in [2.75, 3.05) is 52.8 Å². The van der Waals surface area contributed by atoms with Gasteiger partial charge in [0.1, 0.15) is 5.75 Å². The number of para-hydroxylation sites is 2. The Morgan fingerprint density at radius 1 is 1.29 bits per heavy atom. The maximum absolute atomic E-state index is 5.88. The highest BCUT2D eigenvalue weighted by Crippen LogP contribution is 2.22. The van der Waals surface area contributed by atoms with E-state index >= 15 is 0 Å². The third-order valence-corrected chi connectivity index (χ3v) is 3.03. The lowest BCUT2D eigenvalue weighted by molar-refractivity contribution is 0.161. The third-order valence-electron chi connectivity index (χ3n) is 3.03. The summed E-state index contributed by atoms with van der Waals surface area (Å²) in [6.45, 7) is 3.33. The second-order valence-electron chi connectivity index (χ2n) is 4.74. The number of ether oxygens (including phenoxy) is 2. The van der Waals surface area contributed by atoms with E-state index in [-0.39, 0.29) is 0 Å². The summed E-state index contributed by atoms with van der Waals surface area (Å²) >= 11 is 0. The van der Waals surface area contributed by atoms with Gasteiger partial charge in [0.2, 0.25) is 0 Å². The van der Waals surface area contributed by atoms with Gasteiger partial charge in [-0.3, -0.25) is 4.99 Å². The molecule has 0 aliphatic rings. The van der Waals surface area contributed by atoms with Crippen molar-refractivity contribution < 1.29 is 9.47 Å². The summed E-state index contributed by atoms with van der Waals surface area (Å²) in [6, 6.07) is 7.61. The van der Waals surface area contributed by atoms with Crippen molar-refractivity contribution in [3.05, 3.63) is 24.3 Å². The SMILES string of the molecule is COCCN(C)CCCN=C(N)Nc1ccccc1OC. The van der Waals surface area contributed by atoms with Crippen LogP contribution >= 0.6 is 0 Å². The van der Waals surface area contributed by atoms with E-state index in [9.17, 15) is 0 Å². The van der Waals surface area contributed by atoms with Gasteiger partial charge < -0.3 is 25.4 Å². The van der Waals surface area contributed by atoms with E-state index in [4.69, 9.17) is 15.2 Å². The van der Waals surface area contributed by atoms with E-state index in [2.05, 4.69) is 22.3 Å². The number of benzene rings is 1. The first-order chi connectivity index (χ1) is 10.2. The average molecular weight is 294 g/mol. The zero-order chi connectivity index (χ0) is 15.5. The highest BCUT2D eigenvalue weighted by Gasteiger charge is 2.02. The standard InChI is InChI=1S/C15H26N4O2/c1-19(11-12-20-2)10-6-9-17-15(16)18-13-7-4-5-8-14(13)21-3/h4-5,7-8H,6,9-12H2,1-3H3,(H3,16,17,18). The fourth-order valence-electron chi connectivity index (χ4n) is 1.82. The minimum absolute atomic E-state index is 0.402. The fourth-order valence-corrected chi connectivity index (χ4v) is 1.82.